The maximum atomic E-state index is 11.4. The number of hydrogen-bond donors (Lipinski definition) is 2. The molecule has 0 radical (unpaired) electrons. The Labute approximate surface area is 79.0 Å². The van der Waals surface area contributed by atoms with Gasteiger partial charge in [0.1, 0.15) is 0 Å². The van der Waals surface area contributed by atoms with Crippen LogP contribution in [-0.4, -0.2) is 24.6 Å². The van der Waals surface area contributed by atoms with Gasteiger partial charge in [0.05, 0.1) is 11.5 Å². The second kappa shape index (κ2) is 4.07. The van der Waals surface area contributed by atoms with E-state index >= 15 is 0 Å². The van der Waals surface area contributed by atoms with Crippen LogP contribution in [0.2, 0.25) is 0 Å². The topological polar surface area (TPSA) is 50.4 Å². The summed E-state index contributed by atoms with van der Waals surface area (Å²) in [5.41, 5.74) is 2.17. The van der Waals surface area contributed by atoms with Gasteiger partial charge in [0, 0.05) is 6.54 Å². The Bertz CT molecular complexity index is 181. The van der Waals surface area contributed by atoms with Crippen LogP contribution in [0.3, 0.4) is 0 Å². The lowest BCUT2D eigenvalue weighted by Crippen LogP contribution is -2.37. The molecule has 2 N–H and O–H groups in total. The van der Waals surface area contributed by atoms with Crippen molar-refractivity contribution < 1.29 is 9.63 Å². The fraction of sp³-hybridized carbons (Fsp3) is 0.889. The summed E-state index contributed by atoms with van der Waals surface area (Å²) in [4.78, 5) is 16.6. The van der Waals surface area contributed by atoms with Crippen molar-refractivity contribution in [1.82, 2.24) is 10.8 Å². The molecule has 1 aliphatic heterocycles. The van der Waals surface area contributed by atoms with E-state index in [1.54, 1.807) is 0 Å². The van der Waals surface area contributed by atoms with Crippen LogP contribution < -0.4 is 10.8 Å². The van der Waals surface area contributed by atoms with Crippen molar-refractivity contribution in [3.05, 3.63) is 0 Å². The van der Waals surface area contributed by atoms with E-state index in [0.29, 0.717) is 0 Å². The highest BCUT2D eigenvalue weighted by atomic mass is 16.7. The number of carbonyl (C=O) groups excluding carboxylic acids is 1. The Hall–Kier alpha value is -0.610. The molecule has 0 saturated carbocycles. The molecule has 1 atom stereocenters. The summed E-state index contributed by atoms with van der Waals surface area (Å²) in [5, 5.41) is 3.13. The molecule has 1 fully saturated rings. The summed E-state index contributed by atoms with van der Waals surface area (Å²) in [6.07, 6.45) is 0.902. The number of hydroxylamine groups is 1. The van der Waals surface area contributed by atoms with Crippen molar-refractivity contribution in [2.75, 3.05) is 13.1 Å². The Balaban J connectivity index is 2.25. The van der Waals surface area contributed by atoms with E-state index in [2.05, 4.69) is 10.8 Å². The van der Waals surface area contributed by atoms with E-state index in [1.807, 2.05) is 20.8 Å². The van der Waals surface area contributed by atoms with Crippen LogP contribution in [0, 0.1) is 5.92 Å². The molecule has 1 rings (SSSR count). The molecule has 0 aromatic heterocycles. The first-order valence-electron chi connectivity index (χ1n) is 4.67. The summed E-state index contributed by atoms with van der Waals surface area (Å²) in [6, 6.07) is 0. The van der Waals surface area contributed by atoms with Crippen LogP contribution in [0.4, 0.5) is 0 Å². The number of carbonyl (C=O) groups is 1. The van der Waals surface area contributed by atoms with Gasteiger partial charge in [0.2, 0.25) is 5.91 Å². The minimum atomic E-state index is -0.318. The zero-order chi connectivity index (χ0) is 9.90. The molecule has 1 heterocycles. The molecule has 1 saturated heterocycles. The highest BCUT2D eigenvalue weighted by Gasteiger charge is 2.23. The lowest BCUT2D eigenvalue weighted by Gasteiger charge is -2.20. The van der Waals surface area contributed by atoms with E-state index in [9.17, 15) is 4.79 Å². The maximum absolute atomic E-state index is 11.4. The minimum Gasteiger partial charge on any atom is -0.316 e. The van der Waals surface area contributed by atoms with Gasteiger partial charge in [-0.15, -0.1) is 0 Å². The molecule has 0 spiro atoms. The van der Waals surface area contributed by atoms with Gasteiger partial charge >= 0.3 is 0 Å². The van der Waals surface area contributed by atoms with Crippen molar-refractivity contribution in [3.8, 4) is 0 Å². The second-order valence-corrected chi connectivity index (χ2v) is 4.37. The van der Waals surface area contributed by atoms with E-state index < -0.39 is 0 Å². The van der Waals surface area contributed by atoms with Gasteiger partial charge in [-0.25, -0.2) is 5.48 Å². The van der Waals surface area contributed by atoms with Gasteiger partial charge in [-0.3, -0.25) is 9.63 Å². The minimum absolute atomic E-state index is 0.0140. The molecule has 0 bridgehead atoms. The molecule has 1 aliphatic rings. The average molecular weight is 186 g/mol. The molecule has 76 valence electrons. The van der Waals surface area contributed by atoms with E-state index in [0.717, 1.165) is 19.5 Å². The van der Waals surface area contributed by atoms with Crippen molar-refractivity contribution in [3.63, 3.8) is 0 Å². The fourth-order valence-corrected chi connectivity index (χ4v) is 1.17. The monoisotopic (exact) mass is 186 g/mol. The average Bonchev–Trinajstić information content (AvgIpc) is 2.50. The lowest BCUT2D eigenvalue weighted by atomic mass is 10.1. The zero-order valence-electron chi connectivity index (χ0n) is 8.52. The molecule has 13 heavy (non-hydrogen) atoms. The molecular weight excluding hydrogens is 168 g/mol. The van der Waals surface area contributed by atoms with Gasteiger partial charge in [-0.1, -0.05) is 0 Å². The van der Waals surface area contributed by atoms with Crippen LogP contribution >= 0.6 is 0 Å². The summed E-state index contributed by atoms with van der Waals surface area (Å²) in [7, 11) is 0. The molecule has 0 aromatic carbocycles. The lowest BCUT2D eigenvalue weighted by molar-refractivity contribution is -0.149. The fourth-order valence-electron chi connectivity index (χ4n) is 1.17. The molecular formula is C9H18N2O2. The molecule has 1 unspecified atom stereocenters. The molecule has 1 amide bonds. The van der Waals surface area contributed by atoms with Crippen LogP contribution in [0.25, 0.3) is 0 Å². The highest BCUT2D eigenvalue weighted by molar-refractivity contribution is 5.78. The van der Waals surface area contributed by atoms with Crippen molar-refractivity contribution in [2.24, 2.45) is 5.92 Å². The Morgan fingerprint density at radius 2 is 2.23 bits per heavy atom. The Morgan fingerprint density at radius 3 is 2.69 bits per heavy atom. The Morgan fingerprint density at radius 1 is 1.54 bits per heavy atom. The summed E-state index contributed by atoms with van der Waals surface area (Å²) >= 11 is 0. The third-order valence-corrected chi connectivity index (χ3v) is 1.89. The first-order valence-corrected chi connectivity index (χ1v) is 4.67. The van der Waals surface area contributed by atoms with Gasteiger partial charge < -0.3 is 5.32 Å². The number of rotatable bonds is 2. The second-order valence-electron chi connectivity index (χ2n) is 4.37. The third-order valence-electron chi connectivity index (χ3n) is 1.89. The van der Waals surface area contributed by atoms with Gasteiger partial charge in [0.15, 0.2) is 0 Å². The molecule has 4 heteroatoms. The standard InChI is InChI=1S/C9H18N2O2/c1-9(2,3)13-11-8(12)7-4-5-10-6-7/h7,10H,4-6H2,1-3H3,(H,11,12). The van der Waals surface area contributed by atoms with E-state index in [1.165, 1.54) is 0 Å². The Kier molecular flexibility index (Phi) is 3.27. The summed E-state index contributed by atoms with van der Waals surface area (Å²) in [5.74, 6) is 0.0577. The number of nitrogens with one attached hydrogen (secondary N) is 2. The van der Waals surface area contributed by atoms with Crippen LogP contribution in [0.5, 0.6) is 0 Å². The van der Waals surface area contributed by atoms with Crippen molar-refractivity contribution in [1.29, 1.82) is 0 Å². The van der Waals surface area contributed by atoms with Gasteiger partial charge in [-0.05, 0) is 33.7 Å². The van der Waals surface area contributed by atoms with Crippen LogP contribution in [0.15, 0.2) is 0 Å². The first-order chi connectivity index (χ1) is 5.99. The molecule has 0 aliphatic carbocycles. The number of amides is 1. The summed E-state index contributed by atoms with van der Waals surface area (Å²) in [6.45, 7) is 7.40. The molecule has 0 aromatic rings. The predicted octanol–water partition coefficient (Wildman–Crippen LogP) is 0.442. The zero-order valence-corrected chi connectivity index (χ0v) is 8.52. The summed E-state index contributed by atoms with van der Waals surface area (Å²) < 4.78 is 0. The van der Waals surface area contributed by atoms with E-state index in [-0.39, 0.29) is 17.4 Å². The van der Waals surface area contributed by atoms with E-state index in [4.69, 9.17) is 4.84 Å². The predicted molar refractivity (Wildman–Crippen MR) is 50.0 cm³/mol. The largest absolute Gasteiger partial charge is 0.316 e. The van der Waals surface area contributed by atoms with Crippen LogP contribution in [-0.2, 0) is 9.63 Å². The SMILES string of the molecule is CC(C)(C)ONC(=O)C1CCNC1. The quantitative estimate of drug-likeness (QED) is 0.615. The first kappa shape index (κ1) is 10.5. The highest BCUT2D eigenvalue weighted by Crippen LogP contribution is 2.09. The third kappa shape index (κ3) is 3.74. The van der Waals surface area contributed by atoms with Crippen molar-refractivity contribution >= 4 is 5.91 Å². The van der Waals surface area contributed by atoms with Gasteiger partial charge in [0.25, 0.3) is 0 Å². The van der Waals surface area contributed by atoms with Crippen molar-refractivity contribution in [2.45, 2.75) is 32.8 Å². The maximum Gasteiger partial charge on any atom is 0.247 e. The van der Waals surface area contributed by atoms with Gasteiger partial charge in [-0.2, -0.15) is 0 Å². The van der Waals surface area contributed by atoms with Crippen LogP contribution in [0.1, 0.15) is 27.2 Å². The molecule has 4 nitrogen and oxygen atoms in total. The normalized spacial score (nSPS) is 23.2. The smallest absolute Gasteiger partial charge is 0.247 e. The number of hydrogen-bond acceptors (Lipinski definition) is 3.